The molecule has 0 aliphatic carbocycles. The van der Waals surface area contributed by atoms with Gasteiger partial charge in [-0.1, -0.05) is 17.8 Å². The third-order valence-electron chi connectivity index (χ3n) is 5.47. The van der Waals surface area contributed by atoms with Crippen LogP contribution in [-0.4, -0.2) is 32.3 Å². The average Bonchev–Trinajstić information content (AvgIpc) is 2.88. The number of hydrogen-bond acceptors (Lipinski definition) is 12. The number of rotatable bonds is 6. The van der Waals surface area contributed by atoms with Crippen LogP contribution < -0.4 is 36.3 Å². The molecule has 1 unspecified atom stereocenters. The molecule has 12 heteroatoms. The van der Waals surface area contributed by atoms with E-state index in [4.69, 9.17) is 25.7 Å². The lowest BCUT2D eigenvalue weighted by Gasteiger charge is -2.28. The quantitative estimate of drug-likeness (QED) is 0.287. The molecule has 0 radical (unpaired) electrons. The van der Waals surface area contributed by atoms with E-state index in [-0.39, 0.29) is 28.8 Å². The van der Waals surface area contributed by atoms with Crippen molar-refractivity contribution in [2.75, 3.05) is 38.1 Å². The number of anilines is 3. The SMILES string of the molecule is COc1ccc(OC)c(Sc2cccc(OC)c2C2N=C(NC#N)Nc3nc(N)c(C#N)c(N)c32)c1. The van der Waals surface area contributed by atoms with E-state index in [2.05, 4.69) is 20.6 Å². The summed E-state index contributed by atoms with van der Waals surface area (Å²) in [4.78, 5) is 10.6. The molecule has 3 aromatic rings. The fourth-order valence-electron chi connectivity index (χ4n) is 3.83. The molecule has 0 spiro atoms. The largest absolute Gasteiger partial charge is 0.497 e. The van der Waals surface area contributed by atoms with Gasteiger partial charge in [-0.05, 0) is 30.3 Å². The fraction of sp³-hybridized carbons (Fsp3) is 0.167. The van der Waals surface area contributed by atoms with Crippen LogP contribution in [0.5, 0.6) is 17.2 Å². The number of nitriles is 2. The van der Waals surface area contributed by atoms with Gasteiger partial charge in [-0.3, -0.25) is 5.32 Å². The van der Waals surface area contributed by atoms with Crippen LogP contribution in [-0.2, 0) is 0 Å². The van der Waals surface area contributed by atoms with Crippen LogP contribution in [0.1, 0.15) is 22.7 Å². The van der Waals surface area contributed by atoms with Gasteiger partial charge < -0.3 is 31.0 Å². The molecular formula is C24H22N8O3S. The summed E-state index contributed by atoms with van der Waals surface area (Å²) < 4.78 is 16.7. The Morgan fingerprint density at radius 3 is 2.44 bits per heavy atom. The molecule has 1 aromatic heterocycles. The molecule has 0 bridgehead atoms. The summed E-state index contributed by atoms with van der Waals surface area (Å²) in [5.41, 5.74) is 13.7. The average molecular weight is 503 g/mol. The van der Waals surface area contributed by atoms with Gasteiger partial charge in [0.2, 0.25) is 5.96 Å². The lowest BCUT2D eigenvalue weighted by atomic mass is 9.94. The van der Waals surface area contributed by atoms with E-state index in [1.54, 1.807) is 27.4 Å². The van der Waals surface area contributed by atoms with Gasteiger partial charge in [0.15, 0.2) is 6.19 Å². The predicted octanol–water partition coefficient (Wildman–Crippen LogP) is 3.24. The summed E-state index contributed by atoms with van der Waals surface area (Å²) >= 11 is 1.42. The van der Waals surface area contributed by atoms with Gasteiger partial charge in [-0.25, -0.2) is 9.98 Å². The van der Waals surface area contributed by atoms with Gasteiger partial charge in [-0.2, -0.15) is 10.5 Å². The Hall–Kier alpha value is -4.81. The minimum absolute atomic E-state index is 0.0334. The maximum absolute atomic E-state index is 9.63. The fourth-order valence-corrected chi connectivity index (χ4v) is 4.97. The Labute approximate surface area is 211 Å². The zero-order valence-corrected chi connectivity index (χ0v) is 20.4. The molecule has 1 aliphatic rings. The third-order valence-corrected chi connectivity index (χ3v) is 6.58. The second kappa shape index (κ2) is 10.2. The number of guanidine groups is 1. The van der Waals surface area contributed by atoms with Crippen molar-refractivity contribution in [1.82, 2.24) is 10.3 Å². The number of methoxy groups -OCH3 is 3. The van der Waals surface area contributed by atoms with Crippen molar-refractivity contribution >= 4 is 35.0 Å². The molecule has 4 rings (SSSR count). The summed E-state index contributed by atoms with van der Waals surface area (Å²) in [5.74, 6) is 2.23. The first-order valence-electron chi connectivity index (χ1n) is 10.5. The highest BCUT2D eigenvalue weighted by atomic mass is 32.2. The highest BCUT2D eigenvalue weighted by molar-refractivity contribution is 7.99. The topological polar surface area (TPSA) is 177 Å². The smallest absolute Gasteiger partial charge is 0.211 e. The van der Waals surface area contributed by atoms with E-state index >= 15 is 0 Å². The van der Waals surface area contributed by atoms with Crippen molar-refractivity contribution < 1.29 is 14.2 Å². The number of nitrogens with two attached hydrogens (primary N) is 2. The third kappa shape index (κ3) is 4.33. The van der Waals surface area contributed by atoms with Gasteiger partial charge in [0.05, 0.1) is 31.9 Å². The number of fused-ring (bicyclic) bond motifs is 1. The van der Waals surface area contributed by atoms with Gasteiger partial charge in [0, 0.05) is 16.0 Å². The number of pyridine rings is 1. The Morgan fingerprint density at radius 2 is 1.78 bits per heavy atom. The molecular weight excluding hydrogens is 480 g/mol. The summed E-state index contributed by atoms with van der Waals surface area (Å²) in [6.45, 7) is 0. The number of benzene rings is 2. The van der Waals surface area contributed by atoms with Crippen LogP contribution in [0, 0.1) is 22.8 Å². The molecule has 11 nitrogen and oxygen atoms in total. The molecule has 0 saturated heterocycles. The maximum Gasteiger partial charge on any atom is 0.211 e. The molecule has 36 heavy (non-hydrogen) atoms. The Bertz CT molecular complexity index is 1440. The first-order valence-corrected chi connectivity index (χ1v) is 11.3. The second-order valence-corrected chi connectivity index (χ2v) is 8.48. The van der Waals surface area contributed by atoms with Crippen LogP contribution in [0.25, 0.3) is 0 Å². The van der Waals surface area contributed by atoms with E-state index in [0.717, 1.165) is 9.79 Å². The number of ether oxygens (including phenoxy) is 3. The number of aliphatic imine (C=N–C) groups is 1. The predicted molar refractivity (Wildman–Crippen MR) is 136 cm³/mol. The number of hydrogen-bond donors (Lipinski definition) is 4. The minimum Gasteiger partial charge on any atom is -0.497 e. The normalized spacial score (nSPS) is 13.8. The molecule has 0 amide bonds. The number of nitrogen functional groups attached to an aromatic ring is 2. The Kier molecular flexibility index (Phi) is 6.90. The molecule has 182 valence electrons. The van der Waals surface area contributed by atoms with Crippen molar-refractivity contribution in [2.24, 2.45) is 4.99 Å². The summed E-state index contributed by atoms with van der Waals surface area (Å²) in [6, 6.07) is 12.3. The van der Waals surface area contributed by atoms with Crippen molar-refractivity contribution in [2.45, 2.75) is 15.8 Å². The molecule has 2 heterocycles. The zero-order valence-electron chi connectivity index (χ0n) is 19.6. The standard InChI is InChI=1S/C24H22N8O3S/c1-33-12-7-8-14(34-2)17(9-12)36-16-6-4-5-15(35-3)18(16)21-19-20(27)13(10-25)22(28)31-23(19)32-24(30-21)29-11-26/h4-9,21H,1-3H3,(H6,27,28,29,30,31,32). The van der Waals surface area contributed by atoms with Gasteiger partial charge in [0.25, 0.3) is 0 Å². The van der Waals surface area contributed by atoms with E-state index in [1.807, 2.05) is 42.6 Å². The van der Waals surface area contributed by atoms with E-state index in [0.29, 0.717) is 28.4 Å². The lowest BCUT2D eigenvalue weighted by molar-refractivity contribution is 0.394. The van der Waals surface area contributed by atoms with Crippen LogP contribution >= 0.6 is 11.8 Å². The summed E-state index contributed by atoms with van der Waals surface area (Å²) in [7, 11) is 4.72. The van der Waals surface area contributed by atoms with E-state index < -0.39 is 6.04 Å². The van der Waals surface area contributed by atoms with Crippen molar-refractivity contribution in [3.05, 3.63) is 53.1 Å². The highest BCUT2D eigenvalue weighted by Crippen LogP contribution is 2.48. The van der Waals surface area contributed by atoms with Gasteiger partial charge >= 0.3 is 0 Å². The van der Waals surface area contributed by atoms with Crippen LogP contribution in [0.3, 0.4) is 0 Å². The first kappa shape index (κ1) is 24.3. The summed E-state index contributed by atoms with van der Waals surface area (Å²) in [5, 5.41) is 24.3. The van der Waals surface area contributed by atoms with Gasteiger partial charge in [0.1, 0.15) is 46.6 Å². The molecule has 6 N–H and O–H groups in total. The molecule has 0 saturated carbocycles. The Morgan fingerprint density at radius 1 is 1.00 bits per heavy atom. The highest BCUT2D eigenvalue weighted by Gasteiger charge is 2.33. The van der Waals surface area contributed by atoms with Crippen molar-refractivity contribution in [3.63, 3.8) is 0 Å². The molecule has 1 aliphatic heterocycles. The molecule has 2 aromatic carbocycles. The van der Waals surface area contributed by atoms with E-state index in [1.165, 1.54) is 11.8 Å². The monoisotopic (exact) mass is 502 g/mol. The number of nitrogens with one attached hydrogen (secondary N) is 2. The maximum atomic E-state index is 9.63. The van der Waals surface area contributed by atoms with Crippen LogP contribution in [0.15, 0.2) is 51.2 Å². The van der Waals surface area contributed by atoms with E-state index in [9.17, 15) is 10.5 Å². The van der Waals surface area contributed by atoms with Crippen molar-refractivity contribution in [3.8, 4) is 29.5 Å². The number of nitrogens with zero attached hydrogens (tertiary/aromatic N) is 4. The first-order chi connectivity index (χ1) is 17.4. The van der Waals surface area contributed by atoms with Crippen LogP contribution in [0.2, 0.25) is 0 Å². The Balaban J connectivity index is 1.96. The van der Waals surface area contributed by atoms with Crippen LogP contribution in [0.4, 0.5) is 17.3 Å². The van der Waals surface area contributed by atoms with Crippen molar-refractivity contribution in [1.29, 1.82) is 10.5 Å². The van der Waals surface area contributed by atoms with Gasteiger partial charge in [-0.15, -0.1) is 0 Å². The lowest BCUT2D eigenvalue weighted by Crippen LogP contribution is -2.33. The molecule has 1 atom stereocenters. The zero-order chi connectivity index (χ0) is 25.8. The summed E-state index contributed by atoms with van der Waals surface area (Å²) in [6.07, 6.45) is 1.85. The molecule has 0 fully saturated rings. The second-order valence-electron chi connectivity index (χ2n) is 7.39. The minimum atomic E-state index is -0.785. The number of aromatic nitrogens is 1.